The SMILES string of the molecule is C[C@H]1CCCC[C@@]12NC(=O)N(CC(=O)c1c[nH]c(C(=O)N3CCCC3)c1)C2=O. The number of nitrogens with one attached hydrogen (secondary N) is 2. The van der Waals surface area contributed by atoms with E-state index in [1.807, 2.05) is 6.92 Å². The molecule has 1 aliphatic carbocycles. The summed E-state index contributed by atoms with van der Waals surface area (Å²) in [4.78, 5) is 56.2. The molecule has 1 saturated carbocycles. The first-order valence-electron chi connectivity index (χ1n) is 10.1. The minimum atomic E-state index is -0.870. The van der Waals surface area contributed by atoms with Crippen molar-refractivity contribution in [1.82, 2.24) is 20.1 Å². The predicted molar refractivity (Wildman–Crippen MR) is 101 cm³/mol. The molecule has 1 spiro atoms. The van der Waals surface area contributed by atoms with Crippen LogP contribution in [0, 0.1) is 5.92 Å². The first-order valence-corrected chi connectivity index (χ1v) is 10.1. The van der Waals surface area contributed by atoms with E-state index >= 15 is 0 Å². The Hall–Kier alpha value is -2.64. The van der Waals surface area contributed by atoms with Gasteiger partial charge in [0.1, 0.15) is 11.2 Å². The molecule has 3 fully saturated rings. The minimum absolute atomic E-state index is 0.0507. The number of ketones is 1. The number of hydrogen-bond donors (Lipinski definition) is 2. The molecule has 8 nitrogen and oxygen atoms in total. The van der Waals surface area contributed by atoms with E-state index in [0.717, 1.165) is 50.1 Å². The fraction of sp³-hybridized carbons (Fsp3) is 0.600. The van der Waals surface area contributed by atoms with E-state index in [1.54, 1.807) is 4.90 Å². The molecule has 0 radical (unpaired) electrons. The summed E-state index contributed by atoms with van der Waals surface area (Å²) in [5.74, 6) is -0.737. The Labute approximate surface area is 163 Å². The van der Waals surface area contributed by atoms with E-state index in [-0.39, 0.29) is 30.1 Å². The number of aromatic nitrogens is 1. The summed E-state index contributed by atoms with van der Waals surface area (Å²) in [7, 11) is 0. The number of hydrogen-bond acceptors (Lipinski definition) is 4. The van der Waals surface area contributed by atoms with Crippen molar-refractivity contribution >= 4 is 23.6 Å². The van der Waals surface area contributed by atoms with E-state index < -0.39 is 11.6 Å². The Morgan fingerprint density at radius 1 is 1.18 bits per heavy atom. The van der Waals surface area contributed by atoms with Crippen LogP contribution in [0.25, 0.3) is 0 Å². The lowest BCUT2D eigenvalue weighted by Gasteiger charge is -2.36. The average molecular weight is 386 g/mol. The number of imide groups is 1. The summed E-state index contributed by atoms with van der Waals surface area (Å²) in [5.41, 5.74) is -0.203. The van der Waals surface area contributed by atoms with Gasteiger partial charge in [-0.15, -0.1) is 0 Å². The van der Waals surface area contributed by atoms with E-state index in [9.17, 15) is 19.2 Å². The molecule has 0 aromatic carbocycles. The first kappa shape index (κ1) is 18.7. The van der Waals surface area contributed by atoms with Gasteiger partial charge < -0.3 is 15.2 Å². The van der Waals surface area contributed by atoms with Crippen LogP contribution in [0.3, 0.4) is 0 Å². The second-order valence-corrected chi connectivity index (χ2v) is 8.16. The van der Waals surface area contributed by atoms with Gasteiger partial charge in [0.2, 0.25) is 0 Å². The number of amides is 4. The fourth-order valence-electron chi connectivity index (χ4n) is 4.64. The van der Waals surface area contributed by atoms with Gasteiger partial charge in [-0.3, -0.25) is 19.3 Å². The summed E-state index contributed by atoms with van der Waals surface area (Å²) in [5, 5.41) is 2.85. The van der Waals surface area contributed by atoms with Crippen molar-refractivity contribution in [1.29, 1.82) is 0 Å². The molecular formula is C20H26N4O4. The molecule has 2 atom stereocenters. The minimum Gasteiger partial charge on any atom is -0.356 e. The van der Waals surface area contributed by atoms with Crippen LogP contribution in [0.1, 0.15) is 66.3 Å². The Bertz CT molecular complexity index is 826. The maximum Gasteiger partial charge on any atom is 0.325 e. The smallest absolute Gasteiger partial charge is 0.325 e. The van der Waals surface area contributed by atoms with Crippen LogP contribution in [0.2, 0.25) is 0 Å². The Kier molecular flexibility index (Phi) is 4.72. The molecule has 2 N–H and O–H groups in total. The molecule has 150 valence electrons. The van der Waals surface area contributed by atoms with Crippen LogP contribution in [0.5, 0.6) is 0 Å². The number of aromatic amines is 1. The lowest BCUT2D eigenvalue weighted by molar-refractivity contribution is -0.133. The Morgan fingerprint density at radius 3 is 2.64 bits per heavy atom. The molecule has 8 heteroatoms. The first-order chi connectivity index (χ1) is 13.4. The molecule has 4 amide bonds. The monoisotopic (exact) mass is 386 g/mol. The number of rotatable bonds is 4. The molecule has 1 aromatic rings. The van der Waals surface area contributed by atoms with Gasteiger partial charge >= 0.3 is 6.03 Å². The van der Waals surface area contributed by atoms with E-state index in [0.29, 0.717) is 17.7 Å². The summed E-state index contributed by atoms with van der Waals surface area (Å²) in [6, 6.07) is 1.01. The van der Waals surface area contributed by atoms with Gasteiger partial charge in [0.05, 0.1) is 6.54 Å². The zero-order chi connectivity index (χ0) is 19.9. The van der Waals surface area contributed by atoms with E-state index in [4.69, 9.17) is 0 Å². The highest BCUT2D eigenvalue weighted by atomic mass is 16.2. The number of urea groups is 1. The highest BCUT2D eigenvalue weighted by Gasteiger charge is 2.55. The van der Waals surface area contributed by atoms with Gasteiger partial charge in [-0.1, -0.05) is 19.8 Å². The highest BCUT2D eigenvalue weighted by molar-refractivity contribution is 6.11. The summed E-state index contributed by atoms with van der Waals surface area (Å²) in [6.45, 7) is 3.12. The van der Waals surface area contributed by atoms with E-state index in [1.165, 1.54) is 12.3 Å². The second-order valence-electron chi connectivity index (χ2n) is 8.16. The largest absolute Gasteiger partial charge is 0.356 e. The zero-order valence-corrected chi connectivity index (χ0v) is 16.1. The average Bonchev–Trinajstić information content (AvgIpc) is 3.41. The summed E-state index contributed by atoms with van der Waals surface area (Å²) < 4.78 is 0. The molecule has 1 aromatic heterocycles. The molecule has 3 aliphatic rings. The summed E-state index contributed by atoms with van der Waals surface area (Å²) in [6.07, 6.45) is 6.88. The van der Waals surface area contributed by atoms with Gasteiger partial charge in [0.25, 0.3) is 11.8 Å². The van der Waals surface area contributed by atoms with Crippen LogP contribution >= 0.6 is 0 Å². The molecule has 2 aliphatic heterocycles. The van der Waals surface area contributed by atoms with Gasteiger partial charge in [-0.25, -0.2) is 4.79 Å². The van der Waals surface area contributed by atoms with Crippen LogP contribution in [-0.2, 0) is 4.79 Å². The third kappa shape index (κ3) is 3.00. The highest BCUT2D eigenvalue weighted by Crippen LogP contribution is 2.38. The third-order valence-corrected chi connectivity index (χ3v) is 6.43. The van der Waals surface area contributed by atoms with Crippen LogP contribution in [-0.4, -0.2) is 63.6 Å². The quantitative estimate of drug-likeness (QED) is 0.610. The Balaban J connectivity index is 1.46. The summed E-state index contributed by atoms with van der Waals surface area (Å²) >= 11 is 0. The zero-order valence-electron chi connectivity index (χ0n) is 16.1. The van der Waals surface area contributed by atoms with Crippen molar-refractivity contribution in [2.45, 2.75) is 51.0 Å². The lowest BCUT2D eigenvalue weighted by atomic mass is 9.73. The molecular weight excluding hydrogens is 360 g/mol. The van der Waals surface area contributed by atoms with Crippen molar-refractivity contribution in [3.63, 3.8) is 0 Å². The van der Waals surface area contributed by atoms with Crippen LogP contribution < -0.4 is 5.32 Å². The number of H-pyrrole nitrogens is 1. The normalized spacial score (nSPS) is 27.5. The fourth-order valence-corrected chi connectivity index (χ4v) is 4.64. The maximum atomic E-state index is 13.0. The number of carbonyl (C=O) groups excluding carboxylic acids is 4. The van der Waals surface area contributed by atoms with Crippen molar-refractivity contribution < 1.29 is 19.2 Å². The topological polar surface area (TPSA) is 103 Å². The van der Waals surface area contributed by atoms with Gasteiger partial charge in [0.15, 0.2) is 5.78 Å². The molecule has 3 heterocycles. The van der Waals surface area contributed by atoms with Crippen molar-refractivity contribution in [2.75, 3.05) is 19.6 Å². The molecule has 0 bridgehead atoms. The van der Waals surface area contributed by atoms with Crippen LogP contribution in [0.4, 0.5) is 4.79 Å². The second kappa shape index (κ2) is 7.07. The van der Waals surface area contributed by atoms with Crippen LogP contribution in [0.15, 0.2) is 12.3 Å². The standard InChI is InChI=1S/C20H26N4O4/c1-13-6-2-3-7-20(13)18(27)24(19(28)22-20)12-16(25)14-10-15(21-11-14)17(26)23-8-4-5-9-23/h10-11,13,21H,2-9,12H2,1H3,(H,22,28)/t13-,20+/m0/s1. The molecule has 28 heavy (non-hydrogen) atoms. The van der Waals surface area contributed by atoms with Crippen molar-refractivity contribution in [2.24, 2.45) is 5.92 Å². The molecule has 4 rings (SSSR count). The Morgan fingerprint density at radius 2 is 1.93 bits per heavy atom. The number of Topliss-reactive ketones (excluding diaryl/α,β-unsaturated/α-hetero) is 1. The van der Waals surface area contributed by atoms with Gasteiger partial charge in [-0.05, 0) is 37.7 Å². The number of carbonyl (C=O) groups is 4. The van der Waals surface area contributed by atoms with Gasteiger partial charge in [-0.2, -0.15) is 0 Å². The molecule has 0 unspecified atom stereocenters. The lowest BCUT2D eigenvalue weighted by Crippen LogP contribution is -2.54. The molecule has 2 saturated heterocycles. The van der Waals surface area contributed by atoms with Gasteiger partial charge in [0, 0.05) is 24.8 Å². The van der Waals surface area contributed by atoms with E-state index in [2.05, 4.69) is 10.3 Å². The van der Waals surface area contributed by atoms with Crippen molar-refractivity contribution in [3.05, 3.63) is 23.5 Å². The number of likely N-dealkylation sites (tertiary alicyclic amines) is 1. The predicted octanol–water partition coefficient (Wildman–Crippen LogP) is 1.93. The maximum absolute atomic E-state index is 13.0. The van der Waals surface area contributed by atoms with Crippen molar-refractivity contribution in [3.8, 4) is 0 Å². The third-order valence-electron chi connectivity index (χ3n) is 6.43. The number of nitrogens with zero attached hydrogens (tertiary/aromatic N) is 2.